The standard InChI is InChI=1S/C20H27N11O13P2/c21-13-7-14(27-19(22)26-13)30(3-24-7)17-11(34)9(32)6(42-17)2-41-46(38,39)44-12-10(33)5(1-40-45(36)37)43-18(12)31-4-25-8-15(31)28-20(23)29-16(8)35/h3-6,9-12,17-18,32-34,45H,1-2H2,(H,36,37)(H,38,39)(H4,21,22,26,27)(H3,23,28,29,35)/t5-,6-,9-,10-,11-,12-,17-,18-/m1/s1. The number of ether oxygens (including phenoxy) is 2. The summed E-state index contributed by atoms with van der Waals surface area (Å²) in [5.41, 5.74) is 16.3. The highest BCUT2D eigenvalue weighted by atomic mass is 31.2. The number of aromatic amines is 1. The van der Waals surface area contributed by atoms with Crippen LogP contribution in [-0.2, 0) is 32.2 Å². The van der Waals surface area contributed by atoms with Crippen LogP contribution in [-0.4, -0.2) is 114 Å². The van der Waals surface area contributed by atoms with Gasteiger partial charge in [-0.25, -0.2) is 14.5 Å². The lowest BCUT2D eigenvalue weighted by Crippen LogP contribution is -2.36. The Balaban J connectivity index is 1.20. The average Bonchev–Trinajstić information content (AvgIpc) is 3.72. The molecule has 0 aromatic carbocycles. The largest absolute Gasteiger partial charge is 0.472 e. The molecule has 46 heavy (non-hydrogen) atoms. The van der Waals surface area contributed by atoms with E-state index in [0.29, 0.717) is 0 Å². The number of phosphoric acid groups is 1. The fourth-order valence-corrected chi connectivity index (χ4v) is 6.31. The minimum absolute atomic E-state index is 0.0433. The molecular weight excluding hydrogens is 664 g/mol. The van der Waals surface area contributed by atoms with Crippen LogP contribution in [0.5, 0.6) is 0 Å². The lowest BCUT2D eigenvalue weighted by atomic mass is 10.1. The highest BCUT2D eigenvalue weighted by Crippen LogP contribution is 2.50. The zero-order valence-electron chi connectivity index (χ0n) is 23.0. The summed E-state index contributed by atoms with van der Waals surface area (Å²) in [5.74, 6) is -0.536. The van der Waals surface area contributed by atoms with E-state index in [1.807, 2.05) is 0 Å². The number of phosphoric ester groups is 1. The van der Waals surface area contributed by atoms with Crippen molar-refractivity contribution < 1.29 is 57.3 Å². The number of aromatic nitrogens is 8. The van der Waals surface area contributed by atoms with Gasteiger partial charge in [0.1, 0.15) is 42.1 Å². The molecule has 2 unspecified atom stereocenters. The van der Waals surface area contributed by atoms with Crippen LogP contribution < -0.4 is 22.8 Å². The van der Waals surface area contributed by atoms with Crippen molar-refractivity contribution >= 4 is 56.1 Å². The molecule has 6 rings (SSSR count). The van der Waals surface area contributed by atoms with Crippen molar-refractivity contribution in [3.8, 4) is 0 Å². The van der Waals surface area contributed by atoms with Gasteiger partial charge in [-0.1, -0.05) is 0 Å². The highest BCUT2D eigenvalue weighted by molar-refractivity contribution is 7.47. The first-order chi connectivity index (χ1) is 21.7. The van der Waals surface area contributed by atoms with Crippen molar-refractivity contribution in [2.75, 3.05) is 30.4 Å². The van der Waals surface area contributed by atoms with E-state index in [9.17, 15) is 34.1 Å². The molecule has 2 aliphatic heterocycles. The van der Waals surface area contributed by atoms with Gasteiger partial charge >= 0.3 is 16.1 Å². The van der Waals surface area contributed by atoms with Crippen molar-refractivity contribution in [2.45, 2.75) is 49.1 Å². The first kappa shape index (κ1) is 32.3. The second kappa shape index (κ2) is 12.2. The number of fused-ring (bicyclic) bond motifs is 2. The van der Waals surface area contributed by atoms with Gasteiger partial charge in [-0.05, 0) is 0 Å². The SMILES string of the molecule is Nc1nc(N)c2ncn([C@@H]3O[C@H](COP(=O)(O)O[C@@H]4[C@H](O)[C@@H](CO[PH](=O)O)O[C@H]4n4cnc5c(=O)[nH]c(N)nc54)[C@@H](O)[C@H]3O)c2n1. The van der Waals surface area contributed by atoms with E-state index in [1.54, 1.807) is 0 Å². The summed E-state index contributed by atoms with van der Waals surface area (Å²) in [6.45, 7) is -1.46. The molecule has 0 radical (unpaired) electrons. The second-order valence-electron chi connectivity index (χ2n) is 10.1. The molecule has 0 aliphatic carbocycles. The van der Waals surface area contributed by atoms with Gasteiger partial charge in [0.2, 0.25) is 11.9 Å². The Morgan fingerprint density at radius 1 is 0.935 bits per heavy atom. The molecule has 2 saturated heterocycles. The highest BCUT2D eigenvalue weighted by Gasteiger charge is 2.51. The molecular formula is C20H27N11O13P2. The molecule has 24 nitrogen and oxygen atoms in total. The number of aliphatic hydroxyl groups is 3. The summed E-state index contributed by atoms with van der Waals surface area (Å²) >= 11 is 0. The number of nitrogens with two attached hydrogens (primary N) is 3. The van der Waals surface area contributed by atoms with Crippen LogP contribution in [0.15, 0.2) is 17.4 Å². The van der Waals surface area contributed by atoms with Crippen molar-refractivity contribution in [1.82, 2.24) is 39.0 Å². The van der Waals surface area contributed by atoms with E-state index >= 15 is 0 Å². The first-order valence-electron chi connectivity index (χ1n) is 13.1. The van der Waals surface area contributed by atoms with Gasteiger partial charge < -0.3 is 56.3 Å². The Bertz CT molecular complexity index is 1900. The van der Waals surface area contributed by atoms with Crippen LogP contribution in [0.2, 0.25) is 0 Å². The molecule has 26 heteroatoms. The van der Waals surface area contributed by atoms with Gasteiger partial charge in [-0.3, -0.25) is 32.5 Å². The summed E-state index contributed by atoms with van der Waals surface area (Å²) in [5, 5.41) is 32.2. The van der Waals surface area contributed by atoms with E-state index in [1.165, 1.54) is 10.9 Å². The Hall–Kier alpha value is -3.64. The molecule has 6 heterocycles. The van der Waals surface area contributed by atoms with Crippen LogP contribution in [0.25, 0.3) is 22.3 Å². The second-order valence-corrected chi connectivity index (χ2v) is 12.3. The number of hydrogen-bond acceptors (Lipinski definition) is 19. The molecule has 0 amide bonds. The summed E-state index contributed by atoms with van der Waals surface area (Å²) in [7, 11) is -8.64. The fourth-order valence-electron chi connectivity index (χ4n) is 5.07. The number of aliphatic hydroxyl groups excluding tert-OH is 3. The molecule has 4 aromatic rings. The molecule has 4 aromatic heterocycles. The lowest BCUT2D eigenvalue weighted by Gasteiger charge is -2.25. The molecule has 12 N–H and O–H groups in total. The third-order valence-corrected chi connectivity index (χ3v) is 8.54. The number of imidazole rings is 2. The molecule has 0 saturated carbocycles. The maximum atomic E-state index is 13.1. The zero-order chi connectivity index (χ0) is 33.1. The fraction of sp³-hybridized carbons (Fsp3) is 0.500. The Morgan fingerprint density at radius 3 is 2.28 bits per heavy atom. The number of nitrogen functional groups attached to an aromatic ring is 3. The van der Waals surface area contributed by atoms with Gasteiger partial charge in [0.15, 0.2) is 35.1 Å². The maximum Gasteiger partial charge on any atom is 0.472 e. The topological polar surface area (TPSA) is 367 Å². The van der Waals surface area contributed by atoms with Crippen molar-refractivity contribution in [3.63, 3.8) is 0 Å². The molecule has 10 atom stereocenters. The summed E-state index contributed by atoms with van der Waals surface area (Å²) in [6, 6.07) is 0. The number of nitrogens with zero attached hydrogens (tertiary/aromatic N) is 7. The lowest BCUT2D eigenvalue weighted by molar-refractivity contribution is -0.0609. The monoisotopic (exact) mass is 691 g/mol. The van der Waals surface area contributed by atoms with Crippen LogP contribution in [0.3, 0.4) is 0 Å². The van der Waals surface area contributed by atoms with Crippen LogP contribution >= 0.6 is 16.1 Å². The van der Waals surface area contributed by atoms with Crippen LogP contribution in [0.1, 0.15) is 12.5 Å². The van der Waals surface area contributed by atoms with Gasteiger partial charge in [0.05, 0.1) is 25.9 Å². The summed E-state index contributed by atoms with van der Waals surface area (Å²) in [4.78, 5) is 54.0. The normalized spacial score (nSPS) is 30.3. The maximum absolute atomic E-state index is 13.1. The van der Waals surface area contributed by atoms with Crippen LogP contribution in [0.4, 0.5) is 17.7 Å². The molecule has 2 fully saturated rings. The van der Waals surface area contributed by atoms with Gasteiger partial charge in [-0.15, -0.1) is 0 Å². The number of nitrogens with one attached hydrogen (secondary N) is 1. The third kappa shape index (κ3) is 5.97. The van der Waals surface area contributed by atoms with E-state index < -0.39 is 83.9 Å². The van der Waals surface area contributed by atoms with Crippen molar-refractivity contribution in [2.24, 2.45) is 0 Å². The van der Waals surface area contributed by atoms with Gasteiger partial charge in [-0.2, -0.15) is 15.0 Å². The molecule has 2 aliphatic rings. The smallest absolute Gasteiger partial charge is 0.387 e. The predicted octanol–water partition coefficient (Wildman–Crippen LogP) is -3.52. The van der Waals surface area contributed by atoms with E-state index in [0.717, 1.165) is 10.9 Å². The van der Waals surface area contributed by atoms with E-state index in [4.69, 9.17) is 40.6 Å². The summed E-state index contributed by atoms with van der Waals surface area (Å²) in [6.07, 6.45) is -10.1. The van der Waals surface area contributed by atoms with Crippen LogP contribution in [0, 0.1) is 0 Å². The number of hydrogen-bond donors (Lipinski definition) is 9. The Morgan fingerprint density at radius 2 is 1.57 bits per heavy atom. The zero-order valence-corrected chi connectivity index (χ0v) is 24.9. The number of anilines is 3. The molecule has 0 spiro atoms. The number of rotatable bonds is 10. The van der Waals surface area contributed by atoms with E-state index in [-0.39, 0.29) is 40.0 Å². The minimum atomic E-state index is -5.17. The average molecular weight is 691 g/mol. The van der Waals surface area contributed by atoms with E-state index in [2.05, 4.69) is 34.4 Å². The minimum Gasteiger partial charge on any atom is -0.387 e. The number of H-pyrrole nitrogens is 1. The van der Waals surface area contributed by atoms with Crippen molar-refractivity contribution in [1.29, 1.82) is 0 Å². The molecule has 0 bridgehead atoms. The Labute approximate surface area is 255 Å². The van der Waals surface area contributed by atoms with Gasteiger partial charge in [0, 0.05) is 0 Å². The predicted molar refractivity (Wildman–Crippen MR) is 150 cm³/mol. The quantitative estimate of drug-likeness (QED) is 0.0728. The third-order valence-electron chi connectivity index (χ3n) is 7.14. The Kier molecular flexibility index (Phi) is 8.56. The van der Waals surface area contributed by atoms with Crippen molar-refractivity contribution in [3.05, 3.63) is 23.0 Å². The van der Waals surface area contributed by atoms with Gasteiger partial charge in [0.25, 0.3) is 5.56 Å². The first-order valence-corrected chi connectivity index (χ1v) is 15.8. The summed E-state index contributed by atoms with van der Waals surface area (Å²) < 4.78 is 53.0. The molecule has 250 valence electrons.